The Bertz CT molecular complexity index is 763. The van der Waals surface area contributed by atoms with Crippen molar-refractivity contribution in [3.63, 3.8) is 0 Å². The van der Waals surface area contributed by atoms with Crippen LogP contribution in [0.15, 0.2) is 40.2 Å². The van der Waals surface area contributed by atoms with Crippen LogP contribution < -0.4 is 0 Å². The standard InChI is InChI=1S/C12H7N3O4S/c16-9-5-6-20-10(9)12-13-11(14-19-12)7-1-3-8(4-2-7)15(17)18/h1-6,16H. The molecule has 20 heavy (non-hydrogen) atoms. The average Bonchev–Trinajstić information content (AvgIpc) is 3.07. The number of nitro benzene ring substituents is 1. The summed E-state index contributed by atoms with van der Waals surface area (Å²) in [4.78, 5) is 14.8. The van der Waals surface area contributed by atoms with Crippen molar-refractivity contribution in [2.75, 3.05) is 0 Å². The van der Waals surface area contributed by atoms with E-state index >= 15 is 0 Å². The third-order valence-electron chi connectivity index (χ3n) is 2.60. The van der Waals surface area contributed by atoms with E-state index in [1.165, 1.54) is 29.5 Å². The Kier molecular flexibility index (Phi) is 2.92. The lowest BCUT2D eigenvalue weighted by Gasteiger charge is -1.93. The second-order valence-electron chi connectivity index (χ2n) is 3.86. The molecule has 100 valence electrons. The second kappa shape index (κ2) is 4.74. The van der Waals surface area contributed by atoms with Crippen molar-refractivity contribution in [2.45, 2.75) is 0 Å². The van der Waals surface area contributed by atoms with Crippen LogP contribution in [0.25, 0.3) is 22.2 Å². The zero-order chi connectivity index (χ0) is 14.1. The summed E-state index contributed by atoms with van der Waals surface area (Å²) in [5.41, 5.74) is 0.593. The second-order valence-corrected chi connectivity index (χ2v) is 4.78. The summed E-state index contributed by atoms with van der Waals surface area (Å²) in [6.45, 7) is 0. The predicted octanol–water partition coefficient (Wildman–Crippen LogP) is 3.08. The molecule has 0 aliphatic rings. The quantitative estimate of drug-likeness (QED) is 0.587. The van der Waals surface area contributed by atoms with Crippen LogP contribution in [0.4, 0.5) is 5.69 Å². The van der Waals surface area contributed by atoms with Crippen LogP contribution in [0.3, 0.4) is 0 Å². The minimum absolute atomic E-state index is 0.00614. The number of rotatable bonds is 3. The van der Waals surface area contributed by atoms with Crippen molar-refractivity contribution in [3.8, 4) is 27.9 Å². The zero-order valence-corrected chi connectivity index (χ0v) is 10.7. The average molecular weight is 289 g/mol. The largest absolute Gasteiger partial charge is 0.506 e. The highest BCUT2D eigenvalue weighted by Crippen LogP contribution is 2.34. The molecule has 0 aliphatic heterocycles. The summed E-state index contributed by atoms with van der Waals surface area (Å²) < 4.78 is 5.08. The highest BCUT2D eigenvalue weighted by atomic mass is 32.1. The van der Waals surface area contributed by atoms with E-state index in [1.807, 2.05) is 0 Å². The fourth-order valence-corrected chi connectivity index (χ4v) is 2.33. The van der Waals surface area contributed by atoms with Crippen LogP contribution in [-0.4, -0.2) is 20.2 Å². The molecule has 0 radical (unpaired) electrons. The minimum Gasteiger partial charge on any atom is -0.506 e. The molecule has 2 heterocycles. The zero-order valence-electron chi connectivity index (χ0n) is 9.89. The van der Waals surface area contributed by atoms with Crippen molar-refractivity contribution in [1.82, 2.24) is 10.1 Å². The van der Waals surface area contributed by atoms with E-state index in [1.54, 1.807) is 17.5 Å². The molecule has 2 aromatic heterocycles. The van der Waals surface area contributed by atoms with Gasteiger partial charge in [-0.05, 0) is 23.6 Å². The Morgan fingerprint density at radius 1 is 1.25 bits per heavy atom. The summed E-state index contributed by atoms with van der Waals surface area (Å²) in [7, 11) is 0. The van der Waals surface area contributed by atoms with Crippen molar-refractivity contribution >= 4 is 17.0 Å². The van der Waals surface area contributed by atoms with E-state index in [2.05, 4.69) is 10.1 Å². The van der Waals surface area contributed by atoms with Gasteiger partial charge in [0.05, 0.1) is 4.92 Å². The number of benzene rings is 1. The third-order valence-corrected chi connectivity index (χ3v) is 3.49. The number of non-ortho nitro benzene ring substituents is 1. The maximum Gasteiger partial charge on any atom is 0.272 e. The van der Waals surface area contributed by atoms with E-state index in [-0.39, 0.29) is 17.3 Å². The van der Waals surface area contributed by atoms with Crippen LogP contribution in [0.1, 0.15) is 0 Å². The Hall–Kier alpha value is -2.74. The predicted molar refractivity (Wildman–Crippen MR) is 71.4 cm³/mol. The SMILES string of the molecule is O=[N+]([O-])c1ccc(-c2noc(-c3sccc3O)n2)cc1. The molecule has 1 aromatic carbocycles. The summed E-state index contributed by atoms with van der Waals surface area (Å²) in [6, 6.07) is 7.36. The summed E-state index contributed by atoms with van der Waals surface area (Å²) in [5.74, 6) is 0.599. The molecule has 8 heteroatoms. The highest BCUT2D eigenvalue weighted by Gasteiger charge is 2.15. The molecule has 1 N–H and O–H groups in total. The first kappa shape index (κ1) is 12.3. The van der Waals surface area contributed by atoms with Crippen molar-refractivity contribution in [3.05, 3.63) is 45.8 Å². The molecule has 0 amide bonds. The number of nitrogens with zero attached hydrogens (tertiary/aromatic N) is 3. The van der Waals surface area contributed by atoms with Crippen LogP contribution in [0.5, 0.6) is 5.75 Å². The van der Waals surface area contributed by atoms with Gasteiger partial charge in [-0.3, -0.25) is 10.1 Å². The Balaban J connectivity index is 1.94. The molecule has 0 saturated carbocycles. The molecule has 3 aromatic rings. The van der Waals surface area contributed by atoms with Gasteiger partial charge >= 0.3 is 0 Å². The van der Waals surface area contributed by atoms with Gasteiger partial charge in [0, 0.05) is 17.7 Å². The molecule has 0 saturated heterocycles. The first-order chi connectivity index (χ1) is 9.65. The fourth-order valence-electron chi connectivity index (χ4n) is 1.63. The van der Waals surface area contributed by atoms with Gasteiger partial charge in [0.1, 0.15) is 10.6 Å². The lowest BCUT2D eigenvalue weighted by atomic mass is 10.2. The first-order valence-corrected chi connectivity index (χ1v) is 6.38. The van der Waals surface area contributed by atoms with Gasteiger partial charge in [-0.25, -0.2) is 0 Å². The maximum atomic E-state index is 10.6. The number of hydrogen-bond donors (Lipinski definition) is 1. The fraction of sp³-hybridized carbons (Fsp3) is 0. The van der Waals surface area contributed by atoms with E-state index in [0.717, 1.165) is 0 Å². The number of hydrogen-bond acceptors (Lipinski definition) is 7. The number of aromatic nitrogens is 2. The van der Waals surface area contributed by atoms with Crippen molar-refractivity contribution in [2.24, 2.45) is 0 Å². The normalized spacial score (nSPS) is 10.6. The number of thiophene rings is 1. The van der Waals surface area contributed by atoms with Gasteiger partial charge in [0.25, 0.3) is 11.6 Å². The summed E-state index contributed by atoms with van der Waals surface area (Å²) in [6.07, 6.45) is 0. The van der Waals surface area contributed by atoms with Crippen LogP contribution >= 0.6 is 11.3 Å². The van der Waals surface area contributed by atoms with Gasteiger partial charge in [0.15, 0.2) is 0 Å². The highest BCUT2D eigenvalue weighted by molar-refractivity contribution is 7.13. The first-order valence-electron chi connectivity index (χ1n) is 5.50. The molecular formula is C12H7N3O4S. The van der Waals surface area contributed by atoms with Gasteiger partial charge in [-0.1, -0.05) is 5.16 Å². The minimum atomic E-state index is -0.477. The monoisotopic (exact) mass is 289 g/mol. The maximum absolute atomic E-state index is 10.6. The van der Waals surface area contributed by atoms with Crippen LogP contribution in [0, 0.1) is 10.1 Å². The topological polar surface area (TPSA) is 102 Å². The Morgan fingerprint density at radius 3 is 2.60 bits per heavy atom. The number of aromatic hydroxyl groups is 1. The smallest absolute Gasteiger partial charge is 0.272 e. The Labute approximate surface area is 116 Å². The van der Waals surface area contributed by atoms with Crippen molar-refractivity contribution < 1.29 is 14.6 Å². The Morgan fingerprint density at radius 2 is 2.00 bits per heavy atom. The molecule has 7 nitrogen and oxygen atoms in total. The summed E-state index contributed by atoms with van der Waals surface area (Å²) >= 11 is 1.28. The van der Waals surface area contributed by atoms with E-state index < -0.39 is 4.92 Å². The molecule has 0 aliphatic carbocycles. The number of nitro groups is 1. The summed E-state index contributed by atoms with van der Waals surface area (Å²) in [5, 5.41) is 25.7. The third kappa shape index (κ3) is 2.12. The van der Waals surface area contributed by atoms with E-state index in [4.69, 9.17) is 4.52 Å². The van der Waals surface area contributed by atoms with Crippen LogP contribution in [0.2, 0.25) is 0 Å². The lowest BCUT2D eigenvalue weighted by molar-refractivity contribution is -0.384. The molecule has 0 spiro atoms. The molecule has 0 atom stereocenters. The van der Waals surface area contributed by atoms with E-state index in [9.17, 15) is 15.2 Å². The van der Waals surface area contributed by atoms with Crippen molar-refractivity contribution in [1.29, 1.82) is 0 Å². The van der Waals surface area contributed by atoms with E-state index in [0.29, 0.717) is 16.3 Å². The van der Waals surface area contributed by atoms with Gasteiger partial charge in [0.2, 0.25) is 5.82 Å². The molecule has 0 unspecified atom stereocenters. The lowest BCUT2D eigenvalue weighted by Crippen LogP contribution is -1.87. The molecule has 3 rings (SSSR count). The molecule has 0 fully saturated rings. The van der Waals surface area contributed by atoms with Crippen LogP contribution in [-0.2, 0) is 0 Å². The van der Waals surface area contributed by atoms with Gasteiger partial charge < -0.3 is 9.63 Å². The van der Waals surface area contributed by atoms with Gasteiger partial charge in [-0.2, -0.15) is 4.98 Å². The van der Waals surface area contributed by atoms with Gasteiger partial charge in [-0.15, -0.1) is 11.3 Å². The molecular weight excluding hydrogens is 282 g/mol. The molecule has 0 bridgehead atoms.